The van der Waals surface area contributed by atoms with Crippen LogP contribution < -0.4 is 11.1 Å². The number of phenols is 1. The molecule has 0 aliphatic heterocycles. The summed E-state index contributed by atoms with van der Waals surface area (Å²) in [4.78, 5) is 4.04. The number of methoxy groups -OCH3 is 1. The average Bonchev–Trinajstić information content (AvgIpc) is 2.50. The highest BCUT2D eigenvalue weighted by Crippen LogP contribution is 2.25. The van der Waals surface area contributed by atoms with Crippen molar-refractivity contribution in [3.63, 3.8) is 0 Å². The van der Waals surface area contributed by atoms with E-state index < -0.39 is 0 Å². The van der Waals surface area contributed by atoms with Crippen LogP contribution in [0.1, 0.15) is 17.2 Å². The van der Waals surface area contributed by atoms with Crippen molar-refractivity contribution >= 4 is 19.7 Å². The number of aromatic hydroxyl groups is 1. The molecule has 0 aromatic heterocycles. The molecule has 0 saturated carbocycles. The van der Waals surface area contributed by atoms with E-state index in [0.717, 1.165) is 11.1 Å². The molecule has 0 aliphatic rings. The van der Waals surface area contributed by atoms with Gasteiger partial charge in [0.15, 0.2) is 0 Å². The molecule has 2 aromatic rings. The van der Waals surface area contributed by atoms with Gasteiger partial charge in [0.1, 0.15) is 5.75 Å². The molecule has 1 atom stereocenters. The monoisotopic (exact) mass is 283 g/mol. The van der Waals surface area contributed by atoms with Crippen LogP contribution in [0.2, 0.25) is 0 Å². The lowest BCUT2D eigenvalue weighted by Gasteiger charge is -2.21. The number of nitrogen functional groups attached to an aromatic ring is 1. The first-order valence-electron chi connectivity index (χ1n) is 6.55. The van der Waals surface area contributed by atoms with Crippen molar-refractivity contribution < 1.29 is 9.84 Å². The summed E-state index contributed by atoms with van der Waals surface area (Å²) in [5.74, 6) is 0.223. The Kier molecular flexibility index (Phi) is 4.71. The molecule has 2 aromatic carbocycles. The highest BCUT2D eigenvalue weighted by molar-refractivity contribution is 6.11. The predicted molar refractivity (Wildman–Crippen MR) is 86.9 cm³/mol. The number of anilines is 1. The van der Waals surface area contributed by atoms with Crippen molar-refractivity contribution in [2.45, 2.75) is 6.04 Å². The molecule has 0 aliphatic carbocycles. The highest BCUT2D eigenvalue weighted by Gasteiger charge is 2.16. The van der Waals surface area contributed by atoms with Crippen LogP contribution in [-0.4, -0.2) is 26.2 Å². The van der Waals surface area contributed by atoms with Crippen LogP contribution in [0.25, 0.3) is 0 Å². The normalized spacial score (nSPS) is 12.7. The highest BCUT2D eigenvalue weighted by atomic mass is 16.5. The predicted octanol–water partition coefficient (Wildman–Crippen LogP) is 1.20. The van der Waals surface area contributed by atoms with E-state index in [4.69, 9.17) is 10.5 Å². The number of nitrogens with zero attached hydrogens (tertiary/aromatic N) is 1. The van der Waals surface area contributed by atoms with Gasteiger partial charge in [0.05, 0.1) is 13.2 Å². The zero-order valence-electron chi connectivity index (χ0n) is 12.1. The van der Waals surface area contributed by atoms with Gasteiger partial charge in [0.25, 0.3) is 14.0 Å². The van der Waals surface area contributed by atoms with Crippen LogP contribution in [0, 0.1) is 0 Å². The van der Waals surface area contributed by atoms with Gasteiger partial charge in [-0.05, 0) is 35.4 Å². The summed E-state index contributed by atoms with van der Waals surface area (Å²) in [6.07, 6.45) is 0. The molecule has 4 N–H and O–H groups in total. The summed E-state index contributed by atoms with van der Waals surface area (Å²) in [6.45, 7) is 0. The molecular weight excluding hydrogens is 265 g/mol. The fraction of sp³-hybridized carbons (Fsp3) is 0.133. The number of phenolic OH excluding ortho intramolecular Hbond substituents is 1. The Hall–Kier alpha value is -2.63. The second-order valence-corrected chi connectivity index (χ2v) is 4.57. The summed E-state index contributed by atoms with van der Waals surface area (Å²) in [6, 6.07) is 14.8. The fourth-order valence-corrected chi connectivity index (χ4v) is 2.10. The van der Waals surface area contributed by atoms with E-state index in [9.17, 15) is 5.11 Å². The van der Waals surface area contributed by atoms with Gasteiger partial charge in [0, 0.05) is 5.69 Å². The van der Waals surface area contributed by atoms with E-state index in [1.54, 1.807) is 27.2 Å². The second-order valence-electron chi connectivity index (χ2n) is 4.57. The van der Waals surface area contributed by atoms with Gasteiger partial charge in [-0.2, -0.15) is 0 Å². The van der Waals surface area contributed by atoms with Gasteiger partial charge >= 0.3 is 0 Å². The second kappa shape index (κ2) is 6.70. The van der Waals surface area contributed by atoms with E-state index in [0.29, 0.717) is 11.7 Å². The Morgan fingerprint density at radius 3 is 2.52 bits per heavy atom. The van der Waals surface area contributed by atoms with Crippen molar-refractivity contribution in [2.75, 3.05) is 12.8 Å². The summed E-state index contributed by atoms with van der Waals surface area (Å²) >= 11 is 0. The van der Waals surface area contributed by atoms with Gasteiger partial charge in [-0.25, -0.2) is 0 Å². The number of hydrogen-bond acceptors (Lipinski definition) is 4. The van der Waals surface area contributed by atoms with Gasteiger partial charge < -0.3 is 25.8 Å². The average molecular weight is 283 g/mol. The summed E-state index contributed by atoms with van der Waals surface area (Å²) in [5.41, 5.74) is 8.50. The lowest BCUT2D eigenvalue weighted by Crippen LogP contribution is -2.30. The van der Waals surface area contributed by atoms with E-state index in [1.807, 2.05) is 36.4 Å². The summed E-state index contributed by atoms with van der Waals surface area (Å²) < 4.78 is 5.19. The minimum Gasteiger partial charge on any atom is -0.508 e. The topological polar surface area (TPSA) is 79.9 Å². The molecule has 0 spiro atoms. The zero-order valence-corrected chi connectivity index (χ0v) is 12.1. The van der Waals surface area contributed by atoms with Gasteiger partial charge in [-0.1, -0.05) is 24.3 Å². The van der Waals surface area contributed by atoms with E-state index in [1.165, 1.54) is 0 Å². The zero-order chi connectivity index (χ0) is 15.2. The number of hydrogen-bond donors (Lipinski definition) is 3. The van der Waals surface area contributed by atoms with Crippen molar-refractivity contribution in [2.24, 2.45) is 4.90 Å². The fourth-order valence-electron chi connectivity index (χ4n) is 2.10. The SMILES string of the molecule is B/N=C(/NC(c1ccc(O)cc1)c1cccc(N)c1)OC. The number of nitrogens with two attached hydrogens (primary N) is 1. The molecule has 0 heterocycles. The first-order valence-corrected chi connectivity index (χ1v) is 6.55. The molecule has 0 amide bonds. The quantitative estimate of drug-likeness (QED) is 0.342. The molecule has 21 heavy (non-hydrogen) atoms. The molecule has 5 nitrogen and oxygen atoms in total. The Balaban J connectivity index is 2.41. The largest absolute Gasteiger partial charge is 0.508 e. The van der Waals surface area contributed by atoms with Crippen LogP contribution in [-0.2, 0) is 4.74 Å². The van der Waals surface area contributed by atoms with E-state index in [-0.39, 0.29) is 11.8 Å². The number of benzene rings is 2. The maximum absolute atomic E-state index is 9.44. The van der Waals surface area contributed by atoms with Crippen LogP contribution in [0.4, 0.5) is 5.69 Å². The third-order valence-corrected chi connectivity index (χ3v) is 3.13. The van der Waals surface area contributed by atoms with Crippen molar-refractivity contribution in [3.05, 3.63) is 59.7 Å². The van der Waals surface area contributed by atoms with Gasteiger partial charge in [-0.15, -0.1) is 0 Å². The molecule has 0 radical (unpaired) electrons. The lowest BCUT2D eigenvalue weighted by atomic mass is 9.98. The van der Waals surface area contributed by atoms with Crippen molar-refractivity contribution in [1.82, 2.24) is 5.32 Å². The molecule has 0 fully saturated rings. The van der Waals surface area contributed by atoms with E-state index >= 15 is 0 Å². The molecule has 2 rings (SSSR count). The standard InChI is InChI=1S/C15H18BN3O2/c1-21-15(19-16)18-14(10-5-7-13(20)8-6-10)11-3-2-4-12(17)9-11/h2-9,14,20H,16-17H2,1H3,(H,18,19). The van der Waals surface area contributed by atoms with Crippen molar-refractivity contribution in [1.29, 1.82) is 0 Å². The van der Waals surface area contributed by atoms with Crippen molar-refractivity contribution in [3.8, 4) is 5.75 Å². The molecule has 0 bridgehead atoms. The minimum absolute atomic E-state index is 0.173. The molecule has 0 saturated heterocycles. The molecule has 108 valence electrons. The third-order valence-electron chi connectivity index (χ3n) is 3.13. The summed E-state index contributed by atoms with van der Waals surface area (Å²) in [5, 5.41) is 12.7. The maximum atomic E-state index is 9.44. The Morgan fingerprint density at radius 1 is 1.24 bits per heavy atom. The van der Waals surface area contributed by atoms with Crippen LogP contribution in [0.5, 0.6) is 5.75 Å². The summed E-state index contributed by atoms with van der Waals surface area (Å²) in [7, 11) is 3.21. The Labute approximate surface area is 124 Å². The third kappa shape index (κ3) is 3.69. The van der Waals surface area contributed by atoms with Gasteiger partial charge in [0.2, 0.25) is 0 Å². The van der Waals surface area contributed by atoms with E-state index in [2.05, 4.69) is 10.2 Å². The first-order chi connectivity index (χ1) is 10.1. The van der Waals surface area contributed by atoms with Crippen LogP contribution in [0.15, 0.2) is 53.4 Å². The molecule has 6 heteroatoms. The number of rotatable bonds is 3. The lowest BCUT2D eigenvalue weighted by molar-refractivity contribution is 0.376. The van der Waals surface area contributed by atoms with Gasteiger partial charge in [-0.3, -0.25) is 0 Å². The molecule has 1 unspecified atom stereocenters. The minimum atomic E-state index is -0.173. The number of amidine groups is 1. The maximum Gasteiger partial charge on any atom is 0.270 e. The Bertz CT molecular complexity index is 629. The number of nitrogens with one attached hydrogen (secondary N) is 1. The van der Waals surface area contributed by atoms with Crippen LogP contribution in [0.3, 0.4) is 0 Å². The van der Waals surface area contributed by atoms with Crippen LogP contribution >= 0.6 is 0 Å². The molecular formula is C15H18BN3O2. The number of ether oxygens (including phenoxy) is 1. The first kappa shape index (κ1) is 14.8. The smallest absolute Gasteiger partial charge is 0.270 e. The Morgan fingerprint density at radius 2 is 1.95 bits per heavy atom.